The Morgan fingerprint density at radius 2 is 1.57 bits per heavy atom. The molecule has 0 aromatic heterocycles. The molecule has 7 heteroatoms. The Morgan fingerprint density at radius 3 is 2.14 bits per heavy atom. The van der Waals surface area contributed by atoms with Crippen molar-refractivity contribution in [1.29, 1.82) is 0 Å². The molecule has 0 saturated carbocycles. The van der Waals surface area contributed by atoms with Crippen molar-refractivity contribution < 1.29 is 28.0 Å². The van der Waals surface area contributed by atoms with Crippen LogP contribution in [-0.4, -0.2) is 30.2 Å². The van der Waals surface area contributed by atoms with Crippen LogP contribution >= 0.6 is 7.82 Å². The molecule has 28 heavy (non-hydrogen) atoms. The van der Waals surface area contributed by atoms with E-state index in [-0.39, 0.29) is 19.2 Å². The zero-order chi connectivity index (χ0) is 20.5. The van der Waals surface area contributed by atoms with Gasteiger partial charge in [0.05, 0.1) is 6.61 Å². The van der Waals surface area contributed by atoms with E-state index in [1.165, 1.54) is 57.8 Å². The minimum atomic E-state index is -3.91. The van der Waals surface area contributed by atoms with Gasteiger partial charge in [-0.1, -0.05) is 70.4 Å². The van der Waals surface area contributed by atoms with Crippen molar-refractivity contribution in [3.63, 3.8) is 0 Å². The quantitative estimate of drug-likeness (QED) is 0.133. The molecule has 1 rings (SSSR count). The number of phosphoric ester groups is 1. The second kappa shape index (κ2) is 16.2. The monoisotopic (exact) mass is 418 g/mol. The molecule has 0 aliphatic carbocycles. The van der Waals surface area contributed by atoms with Gasteiger partial charge in [-0.15, -0.1) is 0 Å². The first-order valence-corrected chi connectivity index (χ1v) is 12.5. The summed E-state index contributed by atoms with van der Waals surface area (Å²) in [6, 6.07) is 0. The van der Waals surface area contributed by atoms with E-state index in [9.17, 15) is 9.36 Å². The van der Waals surface area contributed by atoms with Crippen molar-refractivity contribution in [2.75, 3.05) is 13.2 Å². The molecular weight excluding hydrogens is 379 g/mol. The van der Waals surface area contributed by atoms with Crippen LogP contribution in [0.3, 0.4) is 0 Å². The summed E-state index contributed by atoms with van der Waals surface area (Å²) in [4.78, 5) is 20.7. The fourth-order valence-electron chi connectivity index (χ4n) is 3.10. The minimum Gasteiger partial charge on any atom is -0.463 e. The third kappa shape index (κ3) is 14.3. The maximum absolute atomic E-state index is 11.6. The number of rotatable bonds is 17. The predicted octanol–water partition coefficient (Wildman–Crippen LogP) is 6.08. The molecule has 0 spiro atoms. The maximum Gasteiger partial charge on any atom is 0.472 e. The van der Waals surface area contributed by atoms with Crippen molar-refractivity contribution in [3.8, 4) is 0 Å². The van der Waals surface area contributed by atoms with Gasteiger partial charge >= 0.3 is 13.8 Å². The van der Waals surface area contributed by atoms with Crippen LogP contribution in [0.25, 0.3) is 0 Å². The number of esters is 1. The van der Waals surface area contributed by atoms with Crippen LogP contribution in [0.4, 0.5) is 0 Å². The lowest BCUT2D eigenvalue weighted by molar-refractivity contribution is -0.146. The van der Waals surface area contributed by atoms with Crippen LogP contribution in [-0.2, 0) is 23.1 Å². The largest absolute Gasteiger partial charge is 0.472 e. The number of carbonyl (C=O) groups is 1. The molecule has 1 N–H and O–H groups in total. The van der Waals surface area contributed by atoms with Gasteiger partial charge in [0.1, 0.15) is 12.7 Å². The van der Waals surface area contributed by atoms with Crippen LogP contribution < -0.4 is 0 Å². The van der Waals surface area contributed by atoms with Gasteiger partial charge in [0.25, 0.3) is 0 Å². The highest BCUT2D eigenvalue weighted by Crippen LogP contribution is 2.49. The van der Waals surface area contributed by atoms with Crippen molar-refractivity contribution in [3.05, 3.63) is 12.2 Å². The van der Waals surface area contributed by atoms with Crippen LogP contribution in [0.2, 0.25) is 0 Å². The van der Waals surface area contributed by atoms with Gasteiger partial charge in [0, 0.05) is 6.42 Å². The molecule has 1 unspecified atom stereocenters. The fourth-order valence-corrected chi connectivity index (χ4v) is 4.02. The van der Waals surface area contributed by atoms with Gasteiger partial charge in [-0.05, 0) is 32.1 Å². The summed E-state index contributed by atoms with van der Waals surface area (Å²) >= 11 is 0. The van der Waals surface area contributed by atoms with E-state index in [2.05, 4.69) is 23.6 Å². The van der Waals surface area contributed by atoms with Gasteiger partial charge < -0.3 is 9.63 Å². The van der Waals surface area contributed by atoms with Crippen molar-refractivity contribution in [1.82, 2.24) is 0 Å². The summed E-state index contributed by atoms with van der Waals surface area (Å²) < 4.78 is 25.4. The lowest BCUT2D eigenvalue weighted by atomic mass is 10.1. The summed E-state index contributed by atoms with van der Waals surface area (Å²) in [6.07, 6.45) is 20.2. The van der Waals surface area contributed by atoms with Gasteiger partial charge in [-0.2, -0.15) is 0 Å². The Labute approximate surface area is 170 Å². The Morgan fingerprint density at radius 1 is 1.00 bits per heavy atom. The molecule has 0 amide bonds. The molecule has 0 aromatic carbocycles. The summed E-state index contributed by atoms with van der Waals surface area (Å²) in [6.45, 7) is 2.20. The average Bonchev–Trinajstić information content (AvgIpc) is 3.02. The van der Waals surface area contributed by atoms with Crippen molar-refractivity contribution in [2.24, 2.45) is 0 Å². The summed E-state index contributed by atoms with van der Waals surface area (Å²) in [5.74, 6) is -0.291. The highest BCUT2D eigenvalue weighted by atomic mass is 31.2. The predicted molar refractivity (Wildman–Crippen MR) is 111 cm³/mol. The Balaban J connectivity index is 1.81. The molecule has 1 fully saturated rings. The molecule has 0 aromatic rings. The van der Waals surface area contributed by atoms with Crippen LogP contribution in [0.15, 0.2) is 12.2 Å². The smallest absolute Gasteiger partial charge is 0.463 e. The lowest BCUT2D eigenvalue weighted by Gasteiger charge is -2.08. The molecule has 164 valence electrons. The molecule has 2 atom stereocenters. The minimum absolute atomic E-state index is 0.0194. The Bertz CT molecular complexity index is 480. The first kappa shape index (κ1) is 25.4. The third-order valence-corrected chi connectivity index (χ3v) is 5.82. The number of hydrogen-bond donors (Lipinski definition) is 1. The summed E-state index contributed by atoms with van der Waals surface area (Å²) in [5.41, 5.74) is 0. The van der Waals surface area contributed by atoms with E-state index < -0.39 is 13.9 Å². The second-order valence-electron chi connectivity index (χ2n) is 7.51. The number of hydrogen-bond acceptors (Lipinski definition) is 5. The highest BCUT2D eigenvalue weighted by molar-refractivity contribution is 7.47. The van der Waals surface area contributed by atoms with Gasteiger partial charge in [-0.25, -0.2) is 4.57 Å². The number of allylic oxidation sites excluding steroid dienone is 2. The van der Waals surface area contributed by atoms with E-state index in [0.29, 0.717) is 6.42 Å². The standard InChI is InChI=1S/C21H39O6P/c1-2-3-4-5-6-7-8-9-10-11-12-13-14-15-16-17-21(22)25-18-20-19-26-28(23,24)27-20/h9-10,20H,2-8,11-19H2,1H3,(H,23,24)/b10-9-/t20-/m1/s1. The van der Waals surface area contributed by atoms with Crippen LogP contribution in [0.1, 0.15) is 96.8 Å². The molecule has 1 saturated heterocycles. The van der Waals surface area contributed by atoms with Crippen LogP contribution in [0, 0.1) is 0 Å². The van der Waals surface area contributed by atoms with Gasteiger partial charge in [0.15, 0.2) is 0 Å². The number of unbranched alkanes of at least 4 members (excludes halogenated alkanes) is 11. The number of phosphoric acid groups is 1. The van der Waals surface area contributed by atoms with E-state index in [4.69, 9.17) is 14.2 Å². The van der Waals surface area contributed by atoms with Crippen LogP contribution in [0.5, 0.6) is 0 Å². The topological polar surface area (TPSA) is 82.1 Å². The molecule has 1 aliphatic heterocycles. The number of carbonyl (C=O) groups excluding carboxylic acids is 1. The van der Waals surface area contributed by atoms with Crippen molar-refractivity contribution >= 4 is 13.8 Å². The van der Waals surface area contributed by atoms with Gasteiger partial charge in [0.2, 0.25) is 0 Å². The lowest BCUT2D eigenvalue weighted by Crippen LogP contribution is -2.20. The molecule has 0 bridgehead atoms. The van der Waals surface area contributed by atoms with E-state index in [0.717, 1.165) is 25.7 Å². The van der Waals surface area contributed by atoms with Gasteiger partial charge in [-0.3, -0.25) is 13.8 Å². The Hall–Kier alpha value is -0.680. The highest BCUT2D eigenvalue weighted by Gasteiger charge is 2.35. The van der Waals surface area contributed by atoms with Crippen molar-refractivity contribution in [2.45, 2.75) is 103 Å². The fraction of sp³-hybridized carbons (Fsp3) is 0.857. The zero-order valence-corrected chi connectivity index (χ0v) is 18.4. The molecule has 0 radical (unpaired) electrons. The molecular formula is C21H39O6P. The normalized spacial score (nSPS) is 22.1. The zero-order valence-electron chi connectivity index (χ0n) is 17.5. The van der Waals surface area contributed by atoms with E-state index >= 15 is 0 Å². The second-order valence-corrected chi connectivity index (χ2v) is 8.92. The summed E-state index contributed by atoms with van der Waals surface area (Å²) in [7, 11) is -3.91. The Kier molecular flexibility index (Phi) is 14.6. The molecule has 1 heterocycles. The third-order valence-electron chi connectivity index (χ3n) is 4.78. The SMILES string of the molecule is CCCCCCCC/C=C\CCCCCCCC(=O)OC[C@@H]1COP(=O)(O)O1. The first-order chi connectivity index (χ1) is 13.5. The first-order valence-electron chi connectivity index (χ1n) is 11.0. The average molecular weight is 419 g/mol. The van der Waals surface area contributed by atoms with E-state index in [1.54, 1.807) is 0 Å². The molecule has 1 aliphatic rings. The van der Waals surface area contributed by atoms with E-state index in [1.807, 2.05) is 0 Å². The maximum atomic E-state index is 11.6. The summed E-state index contributed by atoms with van der Waals surface area (Å²) in [5, 5.41) is 0. The molecule has 6 nitrogen and oxygen atoms in total. The number of ether oxygens (including phenoxy) is 1.